The highest BCUT2D eigenvalue weighted by Crippen LogP contribution is 2.31. The molecule has 6 heteroatoms. The molecule has 0 spiro atoms. The monoisotopic (exact) mass is 476 g/mol. The van der Waals surface area contributed by atoms with Crippen LogP contribution in [0.5, 0.6) is 5.75 Å². The standard InChI is InChI=1S/C28H26ClFN2O2/c29-27-17-22(30)7-5-21(27)19-34-28-12-6-20-3-1-2-4-25(20)26(28)18-31-23-8-10-24(11-9-23)32-13-15-33-16-14-32/h1-12,17,31H,13-16,18-19H2. The number of nitrogens with one attached hydrogen (secondary N) is 1. The molecule has 4 aromatic rings. The molecule has 1 aliphatic rings. The van der Waals surface area contributed by atoms with Crippen LogP contribution in [-0.4, -0.2) is 26.3 Å². The predicted molar refractivity (Wildman–Crippen MR) is 136 cm³/mol. The quantitative estimate of drug-likeness (QED) is 0.323. The van der Waals surface area contributed by atoms with Crippen molar-refractivity contribution in [1.82, 2.24) is 0 Å². The molecule has 0 aliphatic carbocycles. The molecule has 34 heavy (non-hydrogen) atoms. The summed E-state index contributed by atoms with van der Waals surface area (Å²) in [5, 5.41) is 6.18. The molecule has 0 amide bonds. The highest BCUT2D eigenvalue weighted by Gasteiger charge is 2.13. The summed E-state index contributed by atoms with van der Waals surface area (Å²) < 4.78 is 25.0. The summed E-state index contributed by atoms with van der Waals surface area (Å²) in [6.45, 7) is 4.24. The minimum Gasteiger partial charge on any atom is -0.488 e. The predicted octanol–water partition coefficient (Wildman–Crippen LogP) is 6.66. The lowest BCUT2D eigenvalue weighted by atomic mass is 10.0. The Hall–Kier alpha value is -3.28. The second-order valence-corrected chi connectivity index (χ2v) is 8.69. The molecule has 1 fully saturated rings. The van der Waals surface area contributed by atoms with Gasteiger partial charge in [-0.25, -0.2) is 4.39 Å². The van der Waals surface area contributed by atoms with Crippen molar-refractivity contribution < 1.29 is 13.9 Å². The van der Waals surface area contributed by atoms with E-state index in [4.69, 9.17) is 21.1 Å². The highest BCUT2D eigenvalue weighted by molar-refractivity contribution is 6.31. The molecule has 0 bridgehead atoms. The molecular formula is C28H26ClFN2O2. The Morgan fingerprint density at radius 1 is 0.941 bits per heavy atom. The fraction of sp³-hybridized carbons (Fsp3) is 0.214. The molecule has 0 saturated carbocycles. The Morgan fingerprint density at radius 2 is 1.74 bits per heavy atom. The lowest BCUT2D eigenvalue weighted by molar-refractivity contribution is 0.122. The van der Waals surface area contributed by atoms with Crippen LogP contribution >= 0.6 is 11.6 Å². The second-order valence-electron chi connectivity index (χ2n) is 8.29. The number of hydrogen-bond acceptors (Lipinski definition) is 4. The molecule has 1 aliphatic heterocycles. The third-order valence-electron chi connectivity index (χ3n) is 6.11. The van der Waals surface area contributed by atoms with Crippen molar-refractivity contribution in [2.24, 2.45) is 0 Å². The van der Waals surface area contributed by atoms with Crippen molar-refractivity contribution >= 4 is 33.7 Å². The second kappa shape index (κ2) is 10.3. The number of anilines is 2. The smallest absolute Gasteiger partial charge is 0.125 e. The third kappa shape index (κ3) is 5.11. The third-order valence-corrected chi connectivity index (χ3v) is 6.46. The first-order chi connectivity index (χ1) is 16.7. The first-order valence-corrected chi connectivity index (χ1v) is 11.8. The molecule has 0 unspecified atom stereocenters. The number of nitrogens with zero attached hydrogens (tertiary/aromatic N) is 1. The van der Waals surface area contributed by atoms with Crippen LogP contribution in [0.1, 0.15) is 11.1 Å². The van der Waals surface area contributed by atoms with E-state index in [2.05, 4.69) is 52.7 Å². The van der Waals surface area contributed by atoms with Crippen LogP contribution in [0.15, 0.2) is 78.9 Å². The van der Waals surface area contributed by atoms with Gasteiger partial charge in [0.05, 0.1) is 18.2 Å². The zero-order valence-corrected chi connectivity index (χ0v) is 19.5. The van der Waals surface area contributed by atoms with Gasteiger partial charge in [0.1, 0.15) is 18.2 Å². The Kier molecular flexibility index (Phi) is 6.84. The lowest BCUT2D eigenvalue weighted by Gasteiger charge is -2.29. The van der Waals surface area contributed by atoms with Crippen LogP contribution in [-0.2, 0) is 17.9 Å². The summed E-state index contributed by atoms with van der Waals surface area (Å²) in [5.41, 5.74) is 4.05. The van der Waals surface area contributed by atoms with E-state index in [1.165, 1.54) is 17.8 Å². The Morgan fingerprint density at radius 3 is 2.53 bits per heavy atom. The van der Waals surface area contributed by atoms with E-state index in [1.807, 2.05) is 18.2 Å². The number of ether oxygens (including phenoxy) is 2. The minimum atomic E-state index is -0.357. The summed E-state index contributed by atoms with van der Waals surface area (Å²) in [6.07, 6.45) is 0. The average molecular weight is 477 g/mol. The molecule has 1 heterocycles. The van der Waals surface area contributed by atoms with E-state index in [1.54, 1.807) is 6.07 Å². The van der Waals surface area contributed by atoms with Gasteiger partial charge in [0.25, 0.3) is 0 Å². The SMILES string of the molecule is Fc1ccc(COc2ccc3ccccc3c2CNc2ccc(N3CCOCC3)cc2)c(Cl)c1. The number of fused-ring (bicyclic) bond motifs is 1. The summed E-state index contributed by atoms with van der Waals surface area (Å²) in [4.78, 5) is 2.34. The molecule has 4 nitrogen and oxygen atoms in total. The summed E-state index contributed by atoms with van der Waals surface area (Å²) in [5.74, 6) is 0.417. The van der Waals surface area contributed by atoms with Crippen LogP contribution in [0.4, 0.5) is 15.8 Å². The van der Waals surface area contributed by atoms with E-state index in [0.717, 1.165) is 59.6 Å². The molecule has 1 saturated heterocycles. The van der Waals surface area contributed by atoms with Crippen LogP contribution in [0, 0.1) is 5.82 Å². The first-order valence-electron chi connectivity index (χ1n) is 11.4. The number of rotatable bonds is 7. The summed E-state index contributed by atoms with van der Waals surface area (Å²) in [7, 11) is 0. The van der Waals surface area contributed by atoms with Crippen LogP contribution in [0.3, 0.4) is 0 Å². The molecule has 4 aromatic carbocycles. The van der Waals surface area contributed by atoms with Crippen LogP contribution < -0.4 is 15.0 Å². The molecule has 0 aromatic heterocycles. The summed E-state index contributed by atoms with van der Waals surface area (Å²) >= 11 is 6.20. The van der Waals surface area contributed by atoms with E-state index < -0.39 is 0 Å². The Labute approximate surface area is 203 Å². The van der Waals surface area contributed by atoms with Gasteiger partial charge in [-0.05, 0) is 53.2 Å². The van der Waals surface area contributed by atoms with Gasteiger partial charge in [-0.1, -0.05) is 48.0 Å². The van der Waals surface area contributed by atoms with E-state index >= 15 is 0 Å². The number of hydrogen-bond donors (Lipinski definition) is 1. The van der Waals surface area contributed by atoms with Crippen molar-refractivity contribution in [2.75, 3.05) is 36.5 Å². The normalized spacial score (nSPS) is 13.8. The zero-order valence-electron chi connectivity index (χ0n) is 18.8. The van der Waals surface area contributed by atoms with Gasteiger partial charge in [0.15, 0.2) is 0 Å². The lowest BCUT2D eigenvalue weighted by Crippen LogP contribution is -2.36. The Balaban J connectivity index is 1.35. The van der Waals surface area contributed by atoms with Gasteiger partial charge in [0.2, 0.25) is 0 Å². The molecule has 5 rings (SSSR count). The maximum absolute atomic E-state index is 13.4. The van der Waals surface area contributed by atoms with Gasteiger partial charge in [0, 0.05) is 42.1 Å². The summed E-state index contributed by atoms with van der Waals surface area (Å²) in [6, 6.07) is 25.2. The maximum atomic E-state index is 13.4. The van der Waals surface area contributed by atoms with Gasteiger partial charge in [-0.3, -0.25) is 0 Å². The molecule has 1 N–H and O–H groups in total. The molecule has 0 radical (unpaired) electrons. The van der Waals surface area contributed by atoms with E-state index in [9.17, 15) is 4.39 Å². The van der Waals surface area contributed by atoms with Crippen molar-refractivity contribution in [1.29, 1.82) is 0 Å². The average Bonchev–Trinajstić information content (AvgIpc) is 2.88. The number of halogens is 2. The Bertz CT molecular complexity index is 1270. The van der Waals surface area contributed by atoms with Crippen molar-refractivity contribution in [3.63, 3.8) is 0 Å². The van der Waals surface area contributed by atoms with Crippen molar-refractivity contribution in [3.05, 3.63) is 101 Å². The molecular weight excluding hydrogens is 451 g/mol. The molecule has 174 valence electrons. The number of benzene rings is 4. The van der Waals surface area contributed by atoms with Gasteiger partial charge >= 0.3 is 0 Å². The maximum Gasteiger partial charge on any atom is 0.125 e. The van der Waals surface area contributed by atoms with Crippen LogP contribution in [0.2, 0.25) is 5.02 Å². The topological polar surface area (TPSA) is 33.7 Å². The minimum absolute atomic E-state index is 0.263. The largest absolute Gasteiger partial charge is 0.488 e. The first kappa shape index (κ1) is 22.5. The van der Waals surface area contributed by atoms with Gasteiger partial charge in [-0.2, -0.15) is 0 Å². The van der Waals surface area contributed by atoms with Crippen molar-refractivity contribution in [3.8, 4) is 5.75 Å². The number of morpholine rings is 1. The van der Waals surface area contributed by atoms with E-state index in [0.29, 0.717) is 11.6 Å². The highest BCUT2D eigenvalue weighted by atomic mass is 35.5. The van der Waals surface area contributed by atoms with E-state index in [-0.39, 0.29) is 12.4 Å². The fourth-order valence-electron chi connectivity index (χ4n) is 4.23. The van der Waals surface area contributed by atoms with Gasteiger partial charge in [-0.15, -0.1) is 0 Å². The van der Waals surface area contributed by atoms with Gasteiger partial charge < -0.3 is 19.7 Å². The zero-order chi connectivity index (χ0) is 23.3. The van der Waals surface area contributed by atoms with Crippen LogP contribution in [0.25, 0.3) is 10.8 Å². The molecule has 0 atom stereocenters. The fourth-order valence-corrected chi connectivity index (χ4v) is 4.45. The van der Waals surface area contributed by atoms with Crippen molar-refractivity contribution in [2.45, 2.75) is 13.2 Å².